The Balaban J connectivity index is 1.30. The van der Waals surface area contributed by atoms with Gasteiger partial charge in [-0.2, -0.15) is 0 Å². The Morgan fingerprint density at radius 1 is 1.00 bits per heavy atom. The van der Waals surface area contributed by atoms with E-state index in [-0.39, 0.29) is 5.91 Å². The van der Waals surface area contributed by atoms with Crippen LogP contribution in [-0.2, 0) is 29.0 Å². The van der Waals surface area contributed by atoms with E-state index in [0.29, 0.717) is 13.0 Å². The predicted molar refractivity (Wildman–Crippen MR) is 109 cm³/mol. The van der Waals surface area contributed by atoms with Crippen molar-refractivity contribution in [1.29, 1.82) is 0 Å². The second kappa shape index (κ2) is 9.45. The van der Waals surface area contributed by atoms with Gasteiger partial charge in [0.05, 0.1) is 37.2 Å². The highest BCUT2D eigenvalue weighted by Crippen LogP contribution is 2.11. The predicted octanol–water partition coefficient (Wildman–Crippen LogP) is 1.96. The van der Waals surface area contributed by atoms with Gasteiger partial charge in [0.2, 0.25) is 5.91 Å². The van der Waals surface area contributed by atoms with E-state index < -0.39 is 0 Å². The number of carbonyl (C=O) groups excluding carboxylic acids is 1. The van der Waals surface area contributed by atoms with Crippen LogP contribution in [-0.4, -0.2) is 52.1 Å². The van der Waals surface area contributed by atoms with Crippen LogP contribution in [0.4, 0.5) is 0 Å². The summed E-state index contributed by atoms with van der Waals surface area (Å²) in [4.78, 5) is 14.5. The molecule has 0 radical (unpaired) electrons. The molecule has 4 rings (SSSR count). The van der Waals surface area contributed by atoms with Crippen molar-refractivity contribution in [3.8, 4) is 5.69 Å². The van der Waals surface area contributed by atoms with E-state index in [9.17, 15) is 4.79 Å². The van der Waals surface area contributed by atoms with E-state index >= 15 is 0 Å². The lowest BCUT2D eigenvalue weighted by Gasteiger charge is -2.25. The molecule has 0 aliphatic carbocycles. The summed E-state index contributed by atoms with van der Waals surface area (Å²) in [5.41, 5.74) is 3.93. The van der Waals surface area contributed by atoms with E-state index in [1.165, 1.54) is 0 Å². The zero-order chi connectivity index (χ0) is 19.9. The first-order chi connectivity index (χ1) is 14.3. The Labute approximate surface area is 170 Å². The number of amides is 1. The summed E-state index contributed by atoms with van der Waals surface area (Å²) in [6.07, 6.45) is 2.31. The minimum Gasteiger partial charge on any atom is -0.379 e. The molecule has 29 heavy (non-hydrogen) atoms. The maximum Gasteiger partial charge on any atom is 0.224 e. The number of carbonyl (C=O) groups is 1. The molecule has 1 aliphatic heterocycles. The number of ether oxygens (including phenoxy) is 1. The fraction of sp³-hybridized carbons (Fsp3) is 0.318. The monoisotopic (exact) mass is 391 g/mol. The second-order valence-corrected chi connectivity index (χ2v) is 7.15. The fourth-order valence-corrected chi connectivity index (χ4v) is 3.30. The first-order valence-electron chi connectivity index (χ1n) is 9.87. The van der Waals surface area contributed by atoms with Crippen molar-refractivity contribution in [3.05, 3.63) is 77.6 Å². The minimum atomic E-state index is 0.00940. The second-order valence-electron chi connectivity index (χ2n) is 7.15. The highest BCUT2D eigenvalue weighted by atomic mass is 16.5. The van der Waals surface area contributed by atoms with E-state index in [1.54, 1.807) is 4.68 Å². The summed E-state index contributed by atoms with van der Waals surface area (Å²) >= 11 is 0. The number of hydrogen-bond acceptors (Lipinski definition) is 5. The van der Waals surface area contributed by atoms with Crippen LogP contribution in [0.1, 0.15) is 16.8 Å². The Morgan fingerprint density at radius 2 is 1.76 bits per heavy atom. The average molecular weight is 391 g/mol. The van der Waals surface area contributed by atoms with Gasteiger partial charge in [0.1, 0.15) is 0 Å². The fourth-order valence-electron chi connectivity index (χ4n) is 3.30. The minimum absolute atomic E-state index is 0.00940. The molecule has 3 aromatic rings. The van der Waals surface area contributed by atoms with Gasteiger partial charge in [0.25, 0.3) is 0 Å². The first kappa shape index (κ1) is 19.3. The number of rotatable bonds is 7. The molecule has 1 fully saturated rings. The van der Waals surface area contributed by atoms with Crippen LogP contribution < -0.4 is 5.32 Å². The summed E-state index contributed by atoms with van der Waals surface area (Å²) < 4.78 is 7.15. The third-order valence-electron chi connectivity index (χ3n) is 4.93. The van der Waals surface area contributed by atoms with Crippen LogP contribution >= 0.6 is 0 Å². The molecule has 1 amide bonds. The summed E-state index contributed by atoms with van der Waals surface area (Å²) in [6, 6.07) is 17.8. The van der Waals surface area contributed by atoms with Crippen molar-refractivity contribution < 1.29 is 9.53 Å². The number of aromatic nitrogens is 3. The number of nitrogens with zero attached hydrogens (tertiary/aromatic N) is 4. The molecule has 1 aliphatic rings. The molecule has 1 saturated heterocycles. The molecule has 1 N–H and O–H groups in total. The van der Waals surface area contributed by atoms with E-state index in [2.05, 4.69) is 20.5 Å². The van der Waals surface area contributed by atoms with Gasteiger partial charge in [0.15, 0.2) is 0 Å². The third kappa shape index (κ3) is 5.49. The molecule has 2 aromatic carbocycles. The van der Waals surface area contributed by atoms with Crippen molar-refractivity contribution >= 4 is 5.91 Å². The normalized spacial score (nSPS) is 14.6. The van der Waals surface area contributed by atoms with Crippen LogP contribution in [0, 0.1) is 0 Å². The molecular weight excluding hydrogens is 366 g/mol. The van der Waals surface area contributed by atoms with Gasteiger partial charge in [-0.1, -0.05) is 47.7 Å². The molecule has 7 heteroatoms. The van der Waals surface area contributed by atoms with Gasteiger partial charge in [0, 0.05) is 26.2 Å². The highest BCUT2D eigenvalue weighted by Gasteiger charge is 2.13. The molecule has 0 bridgehead atoms. The zero-order valence-corrected chi connectivity index (χ0v) is 16.3. The largest absolute Gasteiger partial charge is 0.379 e. The SMILES string of the molecule is O=C(Cc1ccc(-n2cc(CN3CCOCC3)nn2)cc1)NCc1ccccc1. The van der Waals surface area contributed by atoms with Crippen LogP contribution in [0.3, 0.4) is 0 Å². The smallest absolute Gasteiger partial charge is 0.224 e. The molecule has 1 aromatic heterocycles. The van der Waals surface area contributed by atoms with Gasteiger partial charge in [-0.25, -0.2) is 4.68 Å². The maximum atomic E-state index is 12.2. The highest BCUT2D eigenvalue weighted by molar-refractivity contribution is 5.78. The number of benzene rings is 2. The summed E-state index contributed by atoms with van der Waals surface area (Å²) in [7, 11) is 0. The van der Waals surface area contributed by atoms with E-state index in [1.807, 2.05) is 60.8 Å². The van der Waals surface area contributed by atoms with Gasteiger partial charge in [-0.3, -0.25) is 9.69 Å². The summed E-state index contributed by atoms with van der Waals surface area (Å²) in [5.74, 6) is 0.00940. The topological polar surface area (TPSA) is 72.3 Å². The van der Waals surface area contributed by atoms with E-state index in [0.717, 1.165) is 55.4 Å². The van der Waals surface area contributed by atoms with Gasteiger partial charge in [-0.05, 0) is 23.3 Å². The average Bonchev–Trinajstić information content (AvgIpc) is 3.23. The lowest BCUT2D eigenvalue weighted by molar-refractivity contribution is -0.120. The lowest BCUT2D eigenvalue weighted by Crippen LogP contribution is -2.35. The Kier molecular flexibility index (Phi) is 6.29. The molecule has 0 atom stereocenters. The van der Waals surface area contributed by atoms with Crippen LogP contribution in [0.25, 0.3) is 5.69 Å². The summed E-state index contributed by atoms with van der Waals surface area (Å²) in [6.45, 7) is 4.72. The Morgan fingerprint density at radius 3 is 2.52 bits per heavy atom. The maximum absolute atomic E-state index is 12.2. The first-order valence-corrected chi connectivity index (χ1v) is 9.87. The molecule has 2 heterocycles. The van der Waals surface area contributed by atoms with Gasteiger partial charge >= 0.3 is 0 Å². The third-order valence-corrected chi connectivity index (χ3v) is 4.93. The van der Waals surface area contributed by atoms with Gasteiger partial charge in [-0.15, -0.1) is 5.10 Å². The lowest BCUT2D eigenvalue weighted by atomic mass is 10.1. The van der Waals surface area contributed by atoms with Crippen molar-refractivity contribution in [3.63, 3.8) is 0 Å². The molecule has 0 unspecified atom stereocenters. The van der Waals surface area contributed by atoms with Crippen LogP contribution in [0.5, 0.6) is 0 Å². The van der Waals surface area contributed by atoms with E-state index in [4.69, 9.17) is 4.74 Å². The molecule has 7 nitrogen and oxygen atoms in total. The number of hydrogen-bond donors (Lipinski definition) is 1. The van der Waals surface area contributed by atoms with Gasteiger partial charge < -0.3 is 10.1 Å². The van der Waals surface area contributed by atoms with Crippen molar-refractivity contribution in [2.45, 2.75) is 19.5 Å². The summed E-state index contributed by atoms with van der Waals surface area (Å²) in [5, 5.41) is 11.5. The Bertz CT molecular complexity index is 918. The zero-order valence-electron chi connectivity index (χ0n) is 16.3. The van der Waals surface area contributed by atoms with Crippen molar-refractivity contribution in [2.75, 3.05) is 26.3 Å². The Hall–Kier alpha value is -3.03. The molecule has 0 saturated carbocycles. The van der Waals surface area contributed by atoms with Crippen molar-refractivity contribution in [1.82, 2.24) is 25.2 Å². The quantitative estimate of drug-likeness (QED) is 0.667. The molecular formula is C22H25N5O2. The van der Waals surface area contributed by atoms with Crippen LogP contribution in [0.15, 0.2) is 60.8 Å². The number of morpholine rings is 1. The number of nitrogens with one attached hydrogen (secondary N) is 1. The van der Waals surface area contributed by atoms with Crippen molar-refractivity contribution in [2.24, 2.45) is 0 Å². The van der Waals surface area contributed by atoms with Crippen LogP contribution in [0.2, 0.25) is 0 Å². The molecule has 150 valence electrons. The standard InChI is InChI=1S/C22H25N5O2/c28-22(23-15-19-4-2-1-3-5-19)14-18-6-8-21(9-7-18)27-17-20(24-25-27)16-26-10-12-29-13-11-26/h1-9,17H,10-16H2,(H,23,28). The molecule has 0 spiro atoms.